The van der Waals surface area contributed by atoms with E-state index in [9.17, 15) is 4.79 Å². The Hall–Kier alpha value is -0.520. The smallest absolute Gasteiger partial charge is 0.236 e. The van der Waals surface area contributed by atoms with Gasteiger partial charge in [-0.25, -0.2) is 0 Å². The Morgan fingerprint density at radius 2 is 2.00 bits per heavy atom. The van der Waals surface area contributed by atoms with E-state index in [1.807, 2.05) is 29.0 Å². The van der Waals surface area contributed by atoms with Crippen LogP contribution in [-0.2, 0) is 11.3 Å². The molecule has 0 unspecified atom stereocenters. The molecule has 1 amide bonds. The Kier molecular flexibility index (Phi) is 7.77. The Labute approximate surface area is 141 Å². The van der Waals surface area contributed by atoms with Crippen LogP contribution in [0.25, 0.3) is 0 Å². The Balaban J connectivity index is 0.00000220. The van der Waals surface area contributed by atoms with Crippen molar-refractivity contribution >= 4 is 41.5 Å². The first kappa shape index (κ1) is 18.5. The van der Waals surface area contributed by atoms with Crippen molar-refractivity contribution < 1.29 is 4.79 Å². The number of rotatable bonds is 4. The van der Waals surface area contributed by atoms with Gasteiger partial charge < -0.3 is 10.2 Å². The van der Waals surface area contributed by atoms with E-state index in [0.29, 0.717) is 23.1 Å². The molecule has 0 atom stereocenters. The van der Waals surface area contributed by atoms with Crippen molar-refractivity contribution in [2.75, 3.05) is 39.8 Å². The highest BCUT2D eigenvalue weighted by atomic mass is 35.5. The van der Waals surface area contributed by atoms with Gasteiger partial charge in [0.15, 0.2) is 0 Å². The monoisotopic (exact) mass is 351 g/mol. The number of likely N-dealkylation sites (N-methyl/N-ethyl adjacent to an activating group) is 1. The highest BCUT2D eigenvalue weighted by Crippen LogP contribution is 2.26. The fourth-order valence-electron chi connectivity index (χ4n) is 2.26. The molecule has 0 radical (unpaired) electrons. The molecule has 0 aliphatic carbocycles. The van der Waals surface area contributed by atoms with Crippen LogP contribution in [0.5, 0.6) is 0 Å². The van der Waals surface area contributed by atoms with E-state index >= 15 is 0 Å². The molecular formula is C14H20Cl3N3O. The largest absolute Gasteiger partial charge is 0.339 e. The topological polar surface area (TPSA) is 35.6 Å². The highest BCUT2D eigenvalue weighted by Gasteiger charge is 2.18. The number of nitrogens with one attached hydrogen (secondary N) is 1. The highest BCUT2D eigenvalue weighted by molar-refractivity contribution is 6.42. The summed E-state index contributed by atoms with van der Waals surface area (Å²) in [5, 5.41) is 4.35. The summed E-state index contributed by atoms with van der Waals surface area (Å²) in [6.45, 7) is 4.31. The molecule has 118 valence electrons. The number of carbonyl (C=O) groups is 1. The second kappa shape index (κ2) is 8.81. The number of benzene rings is 1. The fourth-order valence-corrected chi connectivity index (χ4v) is 2.64. The first-order chi connectivity index (χ1) is 9.58. The van der Waals surface area contributed by atoms with Gasteiger partial charge in [-0.2, -0.15) is 0 Å². The molecule has 1 aromatic carbocycles. The molecule has 1 aliphatic heterocycles. The van der Waals surface area contributed by atoms with Gasteiger partial charge in [0.05, 0.1) is 16.6 Å². The minimum absolute atomic E-state index is 0. The summed E-state index contributed by atoms with van der Waals surface area (Å²) in [5.41, 5.74) is 0.940. The van der Waals surface area contributed by atoms with Gasteiger partial charge in [0.1, 0.15) is 0 Å². The van der Waals surface area contributed by atoms with Crippen molar-refractivity contribution in [3.05, 3.63) is 33.8 Å². The van der Waals surface area contributed by atoms with Crippen molar-refractivity contribution in [3.8, 4) is 0 Å². The minimum Gasteiger partial charge on any atom is -0.339 e. The number of nitrogens with zero attached hydrogens (tertiary/aromatic N) is 2. The first-order valence-electron chi connectivity index (χ1n) is 6.68. The van der Waals surface area contributed by atoms with Crippen LogP contribution in [0.1, 0.15) is 5.56 Å². The first-order valence-corrected chi connectivity index (χ1v) is 7.43. The van der Waals surface area contributed by atoms with E-state index in [-0.39, 0.29) is 18.3 Å². The fraction of sp³-hybridized carbons (Fsp3) is 0.500. The summed E-state index contributed by atoms with van der Waals surface area (Å²) in [7, 11) is 1.91. The molecule has 1 saturated heterocycles. The van der Waals surface area contributed by atoms with Crippen molar-refractivity contribution in [3.63, 3.8) is 0 Å². The third-order valence-corrected chi connectivity index (χ3v) is 4.20. The van der Waals surface area contributed by atoms with Crippen molar-refractivity contribution in [1.29, 1.82) is 0 Å². The molecule has 1 N–H and O–H groups in total. The third kappa shape index (κ3) is 5.31. The predicted molar refractivity (Wildman–Crippen MR) is 89.5 cm³/mol. The Bertz CT molecular complexity index is 479. The molecule has 7 heteroatoms. The minimum atomic E-state index is 0. The Morgan fingerprint density at radius 3 is 2.67 bits per heavy atom. The van der Waals surface area contributed by atoms with Gasteiger partial charge in [0, 0.05) is 32.7 Å². The zero-order chi connectivity index (χ0) is 14.5. The van der Waals surface area contributed by atoms with Gasteiger partial charge >= 0.3 is 0 Å². The molecule has 0 bridgehead atoms. The zero-order valence-corrected chi connectivity index (χ0v) is 14.3. The molecular weight excluding hydrogens is 333 g/mol. The average Bonchev–Trinajstić information content (AvgIpc) is 2.45. The van der Waals surface area contributed by atoms with Crippen LogP contribution in [-0.4, -0.2) is 55.5 Å². The summed E-state index contributed by atoms with van der Waals surface area (Å²) >= 11 is 12.2. The quantitative estimate of drug-likeness (QED) is 0.903. The molecule has 1 heterocycles. The van der Waals surface area contributed by atoms with Gasteiger partial charge in [-0.1, -0.05) is 35.3 Å². The third-order valence-electron chi connectivity index (χ3n) is 3.35. The summed E-state index contributed by atoms with van der Waals surface area (Å²) in [6, 6.07) is 5.56. The predicted octanol–water partition coefficient (Wildman–Crippen LogP) is 2.28. The average molecular weight is 353 g/mol. The number of piperazine rings is 1. The van der Waals surface area contributed by atoms with Gasteiger partial charge in [-0.15, -0.1) is 12.4 Å². The van der Waals surface area contributed by atoms with E-state index in [1.54, 1.807) is 6.07 Å². The van der Waals surface area contributed by atoms with E-state index in [1.165, 1.54) is 0 Å². The van der Waals surface area contributed by atoms with Crippen LogP contribution in [0.2, 0.25) is 10.0 Å². The molecule has 1 aromatic rings. The van der Waals surface area contributed by atoms with Gasteiger partial charge in [0.2, 0.25) is 5.91 Å². The number of halogens is 3. The van der Waals surface area contributed by atoms with Crippen LogP contribution in [0, 0.1) is 0 Å². The molecule has 2 rings (SSSR count). The lowest BCUT2D eigenvalue weighted by molar-refractivity contribution is -0.132. The maximum Gasteiger partial charge on any atom is 0.236 e. The Morgan fingerprint density at radius 1 is 1.33 bits per heavy atom. The lowest BCUT2D eigenvalue weighted by Gasteiger charge is -2.29. The number of amides is 1. The summed E-state index contributed by atoms with van der Waals surface area (Å²) in [5.74, 6) is 0.159. The van der Waals surface area contributed by atoms with Crippen LogP contribution in [0.15, 0.2) is 18.2 Å². The maximum absolute atomic E-state index is 12.1. The van der Waals surface area contributed by atoms with Crippen LogP contribution < -0.4 is 5.32 Å². The number of hydrogen-bond donors (Lipinski definition) is 1. The summed E-state index contributed by atoms with van der Waals surface area (Å²) in [4.78, 5) is 16.0. The summed E-state index contributed by atoms with van der Waals surface area (Å²) in [6.07, 6.45) is 0. The van der Waals surface area contributed by atoms with E-state index in [2.05, 4.69) is 5.32 Å². The second-order valence-electron chi connectivity index (χ2n) is 5.02. The van der Waals surface area contributed by atoms with Crippen LogP contribution in [0.3, 0.4) is 0 Å². The molecule has 0 saturated carbocycles. The van der Waals surface area contributed by atoms with Crippen molar-refractivity contribution in [1.82, 2.24) is 15.1 Å². The molecule has 0 spiro atoms. The molecule has 4 nitrogen and oxygen atoms in total. The standard InChI is InChI=1S/C14H19Cl2N3O.ClH/c1-18(9-11-3-2-4-12(15)14(11)16)10-13(20)19-7-5-17-6-8-19;/h2-4,17H,5-10H2,1H3;1H. The normalized spacial score (nSPS) is 15.0. The van der Waals surface area contributed by atoms with E-state index < -0.39 is 0 Å². The van der Waals surface area contributed by atoms with Crippen LogP contribution in [0.4, 0.5) is 0 Å². The number of hydrogen-bond acceptors (Lipinski definition) is 3. The van der Waals surface area contributed by atoms with Crippen LogP contribution >= 0.6 is 35.6 Å². The molecule has 1 aliphatic rings. The molecule has 0 aromatic heterocycles. The van der Waals surface area contributed by atoms with E-state index in [4.69, 9.17) is 23.2 Å². The van der Waals surface area contributed by atoms with Gasteiger partial charge in [0.25, 0.3) is 0 Å². The SMILES string of the molecule is CN(CC(=O)N1CCNCC1)Cc1cccc(Cl)c1Cl.Cl. The van der Waals surface area contributed by atoms with Gasteiger partial charge in [-0.3, -0.25) is 9.69 Å². The van der Waals surface area contributed by atoms with Crippen molar-refractivity contribution in [2.45, 2.75) is 6.54 Å². The molecule has 21 heavy (non-hydrogen) atoms. The maximum atomic E-state index is 12.1. The number of carbonyl (C=O) groups excluding carboxylic acids is 1. The zero-order valence-electron chi connectivity index (χ0n) is 11.9. The second-order valence-corrected chi connectivity index (χ2v) is 5.80. The van der Waals surface area contributed by atoms with Crippen molar-refractivity contribution in [2.24, 2.45) is 0 Å². The molecule has 1 fully saturated rings. The lowest BCUT2D eigenvalue weighted by Crippen LogP contribution is -2.49. The van der Waals surface area contributed by atoms with E-state index in [0.717, 1.165) is 31.7 Å². The lowest BCUT2D eigenvalue weighted by atomic mass is 10.2. The summed E-state index contributed by atoms with van der Waals surface area (Å²) < 4.78 is 0. The van der Waals surface area contributed by atoms with Gasteiger partial charge in [-0.05, 0) is 18.7 Å².